The summed E-state index contributed by atoms with van der Waals surface area (Å²) in [7, 11) is 0. The number of alkyl halides is 3. The Labute approximate surface area is 126 Å². The molecule has 1 amide bonds. The van der Waals surface area contributed by atoms with Gasteiger partial charge in [0, 0.05) is 13.0 Å². The molecule has 1 saturated heterocycles. The maximum atomic E-state index is 13.1. The fourth-order valence-electron chi connectivity index (χ4n) is 2.46. The van der Waals surface area contributed by atoms with Crippen LogP contribution in [0.3, 0.4) is 0 Å². The van der Waals surface area contributed by atoms with Crippen LogP contribution in [0, 0.1) is 0 Å². The van der Waals surface area contributed by atoms with E-state index >= 15 is 0 Å². The molecule has 1 aromatic rings. The van der Waals surface area contributed by atoms with Gasteiger partial charge in [0.1, 0.15) is 12.6 Å². The van der Waals surface area contributed by atoms with Gasteiger partial charge in [-0.05, 0) is 18.9 Å². The van der Waals surface area contributed by atoms with Crippen LogP contribution < -0.4 is 0 Å². The summed E-state index contributed by atoms with van der Waals surface area (Å²) in [6.45, 7) is 1.07. The largest absolute Gasteiger partial charge is 0.445 e. The first kappa shape index (κ1) is 16.6. The zero-order valence-corrected chi connectivity index (χ0v) is 12.1. The van der Waals surface area contributed by atoms with Crippen molar-refractivity contribution in [3.8, 4) is 0 Å². The molecule has 1 aromatic carbocycles. The van der Waals surface area contributed by atoms with E-state index in [2.05, 4.69) is 0 Å². The number of carbonyl (C=O) groups is 1. The molecular formula is C15H18F3NO3. The van der Waals surface area contributed by atoms with Crippen LogP contribution in [0.15, 0.2) is 30.3 Å². The Morgan fingerprint density at radius 3 is 2.64 bits per heavy atom. The van der Waals surface area contributed by atoms with E-state index in [4.69, 9.17) is 4.74 Å². The summed E-state index contributed by atoms with van der Waals surface area (Å²) in [5, 5.41) is 9.84. The molecule has 22 heavy (non-hydrogen) atoms. The Kier molecular flexibility index (Phi) is 4.65. The summed E-state index contributed by atoms with van der Waals surface area (Å²) in [6, 6.07) is 6.70. The minimum Gasteiger partial charge on any atom is -0.445 e. The fourth-order valence-corrected chi connectivity index (χ4v) is 2.46. The molecule has 1 heterocycles. The molecule has 0 aromatic heterocycles. The van der Waals surface area contributed by atoms with Crippen LogP contribution in [0.5, 0.6) is 0 Å². The lowest BCUT2D eigenvalue weighted by atomic mass is 9.88. The van der Waals surface area contributed by atoms with Gasteiger partial charge in [0.15, 0.2) is 0 Å². The molecular weight excluding hydrogens is 299 g/mol. The van der Waals surface area contributed by atoms with E-state index in [0.29, 0.717) is 10.5 Å². The highest BCUT2D eigenvalue weighted by Gasteiger charge is 2.51. The predicted octanol–water partition coefficient (Wildman–Crippen LogP) is 3.10. The molecule has 2 unspecified atom stereocenters. The molecule has 0 radical (unpaired) electrons. The molecule has 0 bridgehead atoms. The lowest BCUT2D eigenvalue weighted by Gasteiger charge is -2.42. The van der Waals surface area contributed by atoms with Crippen LogP contribution >= 0.6 is 0 Å². The van der Waals surface area contributed by atoms with Crippen LogP contribution in [-0.4, -0.2) is 40.5 Å². The second kappa shape index (κ2) is 6.16. The van der Waals surface area contributed by atoms with Gasteiger partial charge >= 0.3 is 12.3 Å². The maximum absolute atomic E-state index is 13.1. The molecule has 1 aliphatic heterocycles. The quantitative estimate of drug-likeness (QED) is 0.912. The highest BCUT2D eigenvalue weighted by Crippen LogP contribution is 2.36. The van der Waals surface area contributed by atoms with E-state index in [1.54, 1.807) is 30.3 Å². The van der Waals surface area contributed by atoms with Crippen LogP contribution in [0.1, 0.15) is 25.3 Å². The van der Waals surface area contributed by atoms with Gasteiger partial charge < -0.3 is 9.84 Å². The summed E-state index contributed by atoms with van der Waals surface area (Å²) in [5.41, 5.74) is -0.737. The van der Waals surface area contributed by atoms with Gasteiger partial charge in [-0.25, -0.2) is 4.79 Å². The van der Waals surface area contributed by atoms with E-state index in [-0.39, 0.29) is 19.6 Å². The first-order valence-corrected chi connectivity index (χ1v) is 6.95. The van der Waals surface area contributed by atoms with Crippen molar-refractivity contribution < 1.29 is 27.8 Å². The Balaban J connectivity index is 2.03. The van der Waals surface area contributed by atoms with Gasteiger partial charge in [-0.2, -0.15) is 13.2 Å². The van der Waals surface area contributed by atoms with Crippen LogP contribution in [0.2, 0.25) is 0 Å². The van der Waals surface area contributed by atoms with E-state index in [9.17, 15) is 23.1 Å². The number of carbonyl (C=O) groups excluding carboxylic acids is 1. The Morgan fingerprint density at radius 2 is 2.05 bits per heavy atom. The van der Waals surface area contributed by atoms with Gasteiger partial charge in [0.2, 0.25) is 0 Å². The highest BCUT2D eigenvalue weighted by molar-refractivity contribution is 5.68. The molecule has 2 atom stereocenters. The van der Waals surface area contributed by atoms with Gasteiger partial charge in [-0.1, -0.05) is 30.3 Å². The van der Waals surface area contributed by atoms with Crippen molar-refractivity contribution in [3.63, 3.8) is 0 Å². The summed E-state index contributed by atoms with van der Waals surface area (Å²) in [4.78, 5) is 12.6. The maximum Gasteiger partial charge on any atom is 0.410 e. The number of nitrogens with zero attached hydrogens (tertiary/aromatic N) is 1. The van der Waals surface area contributed by atoms with Crippen molar-refractivity contribution in [3.05, 3.63) is 35.9 Å². The third-order valence-corrected chi connectivity index (χ3v) is 3.72. The van der Waals surface area contributed by atoms with E-state index in [0.717, 1.165) is 0 Å². The molecule has 0 spiro atoms. The monoisotopic (exact) mass is 317 g/mol. The van der Waals surface area contributed by atoms with Crippen molar-refractivity contribution in [2.45, 2.75) is 44.2 Å². The van der Waals surface area contributed by atoms with Crippen LogP contribution in [0.25, 0.3) is 0 Å². The van der Waals surface area contributed by atoms with Crippen molar-refractivity contribution in [1.29, 1.82) is 0 Å². The van der Waals surface area contributed by atoms with Crippen LogP contribution in [-0.2, 0) is 11.3 Å². The number of likely N-dealkylation sites (tertiary alicyclic amines) is 1. The Hall–Kier alpha value is -1.76. The third kappa shape index (κ3) is 4.13. The number of rotatable bonds is 2. The zero-order chi connectivity index (χ0) is 16.4. The van der Waals surface area contributed by atoms with Crippen molar-refractivity contribution in [1.82, 2.24) is 4.90 Å². The Morgan fingerprint density at radius 1 is 1.41 bits per heavy atom. The first-order valence-electron chi connectivity index (χ1n) is 6.95. The van der Waals surface area contributed by atoms with Gasteiger partial charge in [0.25, 0.3) is 0 Å². The number of hydrogen-bond donors (Lipinski definition) is 1. The zero-order valence-electron chi connectivity index (χ0n) is 12.1. The predicted molar refractivity (Wildman–Crippen MR) is 73.0 cm³/mol. The molecule has 1 fully saturated rings. The molecule has 1 aliphatic rings. The number of piperidine rings is 1. The normalized spacial score (nSPS) is 25.9. The number of benzene rings is 1. The average Bonchev–Trinajstić information content (AvgIpc) is 2.44. The van der Waals surface area contributed by atoms with Crippen LogP contribution in [0.4, 0.5) is 18.0 Å². The number of ether oxygens (including phenoxy) is 1. The van der Waals surface area contributed by atoms with Crippen molar-refractivity contribution in [2.24, 2.45) is 0 Å². The highest BCUT2D eigenvalue weighted by atomic mass is 19.4. The lowest BCUT2D eigenvalue weighted by Crippen LogP contribution is -2.57. The second-order valence-electron chi connectivity index (χ2n) is 5.74. The van der Waals surface area contributed by atoms with E-state index < -0.39 is 30.3 Å². The minimum absolute atomic E-state index is 0.0834. The minimum atomic E-state index is -4.60. The van der Waals surface area contributed by atoms with Gasteiger partial charge in [0.05, 0.1) is 5.60 Å². The molecule has 122 valence electrons. The smallest absolute Gasteiger partial charge is 0.410 e. The first-order chi connectivity index (χ1) is 10.2. The number of aliphatic hydroxyl groups is 1. The standard InChI is InChI=1S/C15H18F3NO3/c1-14(21)7-8-19(12(9-14)15(16,17)18)13(20)22-10-11-5-3-2-4-6-11/h2-6,12,21H,7-10H2,1H3. The van der Waals surface area contributed by atoms with E-state index in [1.807, 2.05) is 0 Å². The van der Waals surface area contributed by atoms with Crippen molar-refractivity contribution in [2.75, 3.05) is 6.54 Å². The molecule has 2 rings (SSSR count). The number of halogens is 3. The average molecular weight is 317 g/mol. The van der Waals surface area contributed by atoms with Gasteiger partial charge in [-0.15, -0.1) is 0 Å². The summed E-state index contributed by atoms with van der Waals surface area (Å²) < 4.78 is 44.3. The third-order valence-electron chi connectivity index (χ3n) is 3.72. The lowest BCUT2D eigenvalue weighted by molar-refractivity contribution is -0.204. The SMILES string of the molecule is CC1(O)CCN(C(=O)OCc2ccccc2)C(C(F)(F)F)C1. The summed E-state index contributed by atoms with van der Waals surface area (Å²) in [6.07, 6.45) is -6.07. The summed E-state index contributed by atoms with van der Waals surface area (Å²) in [5.74, 6) is 0. The molecule has 0 saturated carbocycles. The molecule has 1 N–H and O–H groups in total. The number of hydrogen-bond acceptors (Lipinski definition) is 3. The topological polar surface area (TPSA) is 49.8 Å². The van der Waals surface area contributed by atoms with Gasteiger partial charge in [-0.3, -0.25) is 4.90 Å². The molecule has 4 nitrogen and oxygen atoms in total. The molecule has 0 aliphatic carbocycles. The Bertz CT molecular complexity index is 517. The second-order valence-corrected chi connectivity index (χ2v) is 5.74. The number of amides is 1. The molecule has 7 heteroatoms. The van der Waals surface area contributed by atoms with Crippen molar-refractivity contribution >= 4 is 6.09 Å². The fraction of sp³-hybridized carbons (Fsp3) is 0.533. The van der Waals surface area contributed by atoms with E-state index in [1.165, 1.54) is 6.92 Å². The summed E-state index contributed by atoms with van der Waals surface area (Å²) >= 11 is 0.